The highest BCUT2D eigenvalue weighted by Crippen LogP contribution is 2.26. The van der Waals surface area contributed by atoms with E-state index in [1.165, 1.54) is 18.3 Å². The zero-order chi connectivity index (χ0) is 14.7. The summed E-state index contributed by atoms with van der Waals surface area (Å²) in [5.41, 5.74) is 2.33. The summed E-state index contributed by atoms with van der Waals surface area (Å²) in [5.74, 6) is -0.293. The number of nitrogens with zero attached hydrogens (tertiary/aromatic N) is 2. The smallest absolute Gasteiger partial charge is 0.270 e. The van der Waals surface area contributed by atoms with Crippen LogP contribution in [0.2, 0.25) is 0 Å². The highest BCUT2D eigenvalue weighted by Gasteiger charge is 2.14. The highest BCUT2D eigenvalue weighted by molar-refractivity contribution is 6.04. The zero-order valence-electron chi connectivity index (χ0n) is 11.1. The Labute approximate surface area is 115 Å². The molecule has 6 heteroatoms. The first-order chi connectivity index (χ1) is 9.49. The highest BCUT2D eigenvalue weighted by atomic mass is 16.6. The van der Waals surface area contributed by atoms with Gasteiger partial charge in [-0.15, -0.1) is 0 Å². The van der Waals surface area contributed by atoms with Gasteiger partial charge in [0.05, 0.1) is 10.5 Å². The SMILES string of the molecule is Cc1cc([N+](=O)[O-])cc(C)c1NC(=O)c1cccnc1. The number of aromatic nitrogens is 1. The predicted octanol–water partition coefficient (Wildman–Crippen LogP) is 2.86. The number of non-ortho nitro benzene ring substituents is 1. The molecular weight excluding hydrogens is 258 g/mol. The molecule has 0 atom stereocenters. The Hall–Kier alpha value is -2.76. The molecule has 2 aromatic rings. The van der Waals surface area contributed by atoms with Crippen LogP contribution in [0.15, 0.2) is 36.7 Å². The summed E-state index contributed by atoms with van der Waals surface area (Å²) >= 11 is 0. The van der Waals surface area contributed by atoms with Crippen LogP contribution < -0.4 is 5.32 Å². The summed E-state index contributed by atoms with van der Waals surface area (Å²) < 4.78 is 0. The number of pyridine rings is 1. The van der Waals surface area contributed by atoms with Gasteiger partial charge in [0.15, 0.2) is 0 Å². The maximum absolute atomic E-state index is 12.1. The van der Waals surface area contributed by atoms with Gasteiger partial charge in [-0.25, -0.2) is 0 Å². The summed E-state index contributed by atoms with van der Waals surface area (Å²) in [6.07, 6.45) is 3.05. The number of hydrogen-bond acceptors (Lipinski definition) is 4. The van der Waals surface area contributed by atoms with Crippen molar-refractivity contribution in [3.05, 3.63) is 63.5 Å². The molecule has 1 aromatic heterocycles. The summed E-state index contributed by atoms with van der Waals surface area (Å²) in [4.78, 5) is 26.3. The third kappa shape index (κ3) is 2.80. The van der Waals surface area contributed by atoms with E-state index in [0.29, 0.717) is 22.4 Å². The molecular formula is C14H13N3O3. The topological polar surface area (TPSA) is 85.1 Å². The molecule has 0 saturated heterocycles. The van der Waals surface area contributed by atoms with E-state index in [-0.39, 0.29) is 11.6 Å². The van der Waals surface area contributed by atoms with E-state index < -0.39 is 4.92 Å². The van der Waals surface area contributed by atoms with Crippen LogP contribution >= 0.6 is 0 Å². The van der Waals surface area contributed by atoms with E-state index in [2.05, 4.69) is 10.3 Å². The first kappa shape index (κ1) is 13.7. The molecule has 20 heavy (non-hydrogen) atoms. The third-order valence-corrected chi connectivity index (χ3v) is 2.89. The lowest BCUT2D eigenvalue weighted by Gasteiger charge is -2.11. The van der Waals surface area contributed by atoms with Crippen molar-refractivity contribution < 1.29 is 9.72 Å². The molecule has 0 fully saturated rings. The lowest BCUT2D eigenvalue weighted by atomic mass is 10.1. The van der Waals surface area contributed by atoms with Crippen molar-refractivity contribution in [1.29, 1.82) is 0 Å². The monoisotopic (exact) mass is 271 g/mol. The summed E-state index contributed by atoms with van der Waals surface area (Å²) in [7, 11) is 0. The van der Waals surface area contributed by atoms with Crippen molar-refractivity contribution in [1.82, 2.24) is 4.98 Å². The number of nitro groups is 1. The second kappa shape index (κ2) is 5.48. The van der Waals surface area contributed by atoms with Crippen molar-refractivity contribution in [2.75, 3.05) is 5.32 Å². The molecule has 0 bridgehead atoms. The molecule has 102 valence electrons. The number of anilines is 1. The van der Waals surface area contributed by atoms with Crippen LogP contribution in [0.4, 0.5) is 11.4 Å². The lowest BCUT2D eigenvalue weighted by Crippen LogP contribution is -2.14. The fraction of sp³-hybridized carbons (Fsp3) is 0.143. The van der Waals surface area contributed by atoms with E-state index >= 15 is 0 Å². The molecule has 0 saturated carbocycles. The molecule has 1 aromatic carbocycles. The van der Waals surface area contributed by atoms with E-state index in [4.69, 9.17) is 0 Å². The molecule has 1 amide bonds. The molecule has 1 heterocycles. The van der Waals surface area contributed by atoms with Crippen molar-refractivity contribution in [3.8, 4) is 0 Å². The number of carbonyl (C=O) groups is 1. The van der Waals surface area contributed by atoms with Gasteiger partial charge >= 0.3 is 0 Å². The molecule has 0 aliphatic carbocycles. The van der Waals surface area contributed by atoms with Gasteiger partial charge in [0.2, 0.25) is 0 Å². The number of rotatable bonds is 3. The van der Waals surface area contributed by atoms with Crippen molar-refractivity contribution in [2.24, 2.45) is 0 Å². The standard InChI is InChI=1S/C14H13N3O3/c1-9-6-12(17(19)20)7-10(2)13(9)16-14(18)11-4-3-5-15-8-11/h3-8H,1-2H3,(H,16,18). The average Bonchev–Trinajstić information content (AvgIpc) is 2.43. The number of carbonyl (C=O) groups excluding carboxylic acids is 1. The average molecular weight is 271 g/mol. The summed E-state index contributed by atoms with van der Waals surface area (Å²) in [6, 6.07) is 6.20. The van der Waals surface area contributed by atoms with Crippen molar-refractivity contribution in [2.45, 2.75) is 13.8 Å². The van der Waals surface area contributed by atoms with Crippen LogP contribution in [-0.2, 0) is 0 Å². The molecule has 0 radical (unpaired) electrons. The number of nitrogens with one attached hydrogen (secondary N) is 1. The summed E-state index contributed by atoms with van der Waals surface area (Å²) in [6.45, 7) is 3.44. The van der Waals surface area contributed by atoms with Crippen LogP contribution in [0.1, 0.15) is 21.5 Å². The number of aryl methyl sites for hydroxylation is 2. The molecule has 0 aliphatic rings. The second-order valence-corrected chi connectivity index (χ2v) is 4.41. The molecule has 0 unspecified atom stereocenters. The van der Waals surface area contributed by atoms with Gasteiger partial charge in [0.25, 0.3) is 11.6 Å². The first-order valence-electron chi connectivity index (χ1n) is 5.96. The van der Waals surface area contributed by atoms with Gasteiger partial charge in [0.1, 0.15) is 0 Å². The quantitative estimate of drug-likeness (QED) is 0.687. The Morgan fingerprint density at radius 3 is 2.45 bits per heavy atom. The molecule has 6 nitrogen and oxygen atoms in total. The molecule has 0 spiro atoms. The van der Waals surface area contributed by atoms with Gasteiger partial charge < -0.3 is 5.32 Å². The zero-order valence-corrected chi connectivity index (χ0v) is 11.1. The van der Waals surface area contributed by atoms with Gasteiger partial charge in [-0.2, -0.15) is 0 Å². The normalized spacial score (nSPS) is 10.1. The van der Waals surface area contributed by atoms with E-state index in [1.54, 1.807) is 32.2 Å². The number of amides is 1. The maximum atomic E-state index is 12.1. The summed E-state index contributed by atoms with van der Waals surface area (Å²) in [5, 5.41) is 13.5. The Balaban J connectivity index is 2.31. The van der Waals surface area contributed by atoms with Gasteiger partial charge in [-0.1, -0.05) is 0 Å². The number of benzene rings is 1. The molecule has 1 N–H and O–H groups in total. The number of nitro benzene ring substituents is 1. The van der Waals surface area contributed by atoms with Gasteiger partial charge in [0, 0.05) is 30.2 Å². The van der Waals surface area contributed by atoms with Crippen LogP contribution in [0, 0.1) is 24.0 Å². The minimum atomic E-state index is -0.452. The molecule has 2 rings (SSSR count). The van der Waals surface area contributed by atoms with Crippen molar-refractivity contribution >= 4 is 17.3 Å². The fourth-order valence-corrected chi connectivity index (χ4v) is 1.93. The van der Waals surface area contributed by atoms with Gasteiger partial charge in [-0.05, 0) is 37.1 Å². The first-order valence-corrected chi connectivity index (χ1v) is 5.96. The fourth-order valence-electron chi connectivity index (χ4n) is 1.93. The van der Waals surface area contributed by atoms with E-state index in [1.807, 2.05) is 0 Å². The lowest BCUT2D eigenvalue weighted by molar-refractivity contribution is -0.384. The van der Waals surface area contributed by atoms with Crippen LogP contribution in [0.25, 0.3) is 0 Å². The Morgan fingerprint density at radius 2 is 1.95 bits per heavy atom. The van der Waals surface area contributed by atoms with Crippen LogP contribution in [-0.4, -0.2) is 15.8 Å². The van der Waals surface area contributed by atoms with Gasteiger partial charge in [-0.3, -0.25) is 19.9 Å². The largest absolute Gasteiger partial charge is 0.321 e. The Morgan fingerprint density at radius 1 is 1.30 bits per heavy atom. The van der Waals surface area contributed by atoms with Crippen LogP contribution in [0.5, 0.6) is 0 Å². The van der Waals surface area contributed by atoms with Crippen molar-refractivity contribution in [3.63, 3.8) is 0 Å². The van der Waals surface area contributed by atoms with Crippen LogP contribution in [0.3, 0.4) is 0 Å². The molecule has 0 aliphatic heterocycles. The minimum Gasteiger partial charge on any atom is -0.321 e. The number of hydrogen-bond donors (Lipinski definition) is 1. The maximum Gasteiger partial charge on any atom is 0.270 e. The minimum absolute atomic E-state index is 0.0133. The predicted molar refractivity (Wildman–Crippen MR) is 74.8 cm³/mol. The Bertz CT molecular complexity index is 646. The van der Waals surface area contributed by atoms with E-state index in [9.17, 15) is 14.9 Å². The van der Waals surface area contributed by atoms with E-state index in [0.717, 1.165) is 0 Å². The Kier molecular flexibility index (Phi) is 3.74. The second-order valence-electron chi connectivity index (χ2n) is 4.41. The third-order valence-electron chi connectivity index (χ3n) is 2.89.